The SMILES string of the molecule is CC(O)c1ccc(N2CCN(C(C)(C)C)CC2)cc1Cl. The number of anilines is 1. The number of aliphatic hydroxyl groups excluding tert-OH is 1. The smallest absolute Gasteiger partial charge is 0.0776 e. The molecule has 0 aliphatic carbocycles. The number of halogens is 1. The molecule has 1 aliphatic heterocycles. The van der Waals surface area contributed by atoms with Crippen LogP contribution in [0.4, 0.5) is 5.69 Å². The Balaban J connectivity index is 2.06. The minimum absolute atomic E-state index is 0.236. The molecule has 1 fully saturated rings. The second kappa shape index (κ2) is 5.92. The lowest BCUT2D eigenvalue weighted by Gasteiger charge is -2.43. The molecule has 20 heavy (non-hydrogen) atoms. The average molecular weight is 297 g/mol. The molecule has 1 unspecified atom stereocenters. The standard InChI is InChI=1S/C16H25ClN2O/c1-12(20)14-6-5-13(11-15(14)17)18-7-9-19(10-8-18)16(2,3)4/h5-6,11-12,20H,7-10H2,1-4H3. The molecule has 1 heterocycles. The molecule has 0 aromatic heterocycles. The van der Waals surface area contributed by atoms with Gasteiger partial charge in [0.1, 0.15) is 0 Å². The van der Waals surface area contributed by atoms with E-state index >= 15 is 0 Å². The fraction of sp³-hybridized carbons (Fsp3) is 0.625. The van der Waals surface area contributed by atoms with Gasteiger partial charge in [0.05, 0.1) is 6.10 Å². The third-order valence-electron chi connectivity index (χ3n) is 4.03. The highest BCUT2D eigenvalue weighted by Gasteiger charge is 2.26. The van der Waals surface area contributed by atoms with Gasteiger partial charge in [-0.15, -0.1) is 0 Å². The number of aliphatic hydroxyl groups is 1. The van der Waals surface area contributed by atoms with Gasteiger partial charge >= 0.3 is 0 Å². The predicted octanol–water partition coefficient (Wildman–Crippen LogP) is 3.31. The maximum atomic E-state index is 9.63. The first kappa shape index (κ1) is 15.6. The molecule has 112 valence electrons. The summed E-state index contributed by atoms with van der Waals surface area (Å²) in [4.78, 5) is 4.87. The highest BCUT2D eigenvalue weighted by molar-refractivity contribution is 6.31. The summed E-state index contributed by atoms with van der Waals surface area (Å²) >= 11 is 6.25. The zero-order valence-electron chi connectivity index (χ0n) is 12.9. The van der Waals surface area contributed by atoms with Crippen LogP contribution in [0.1, 0.15) is 39.4 Å². The average Bonchev–Trinajstić information content (AvgIpc) is 2.37. The molecule has 1 atom stereocenters. The fourth-order valence-electron chi connectivity index (χ4n) is 2.69. The van der Waals surface area contributed by atoms with Gasteiger partial charge in [-0.25, -0.2) is 0 Å². The van der Waals surface area contributed by atoms with Crippen molar-refractivity contribution in [1.82, 2.24) is 4.90 Å². The fourth-order valence-corrected chi connectivity index (χ4v) is 3.02. The zero-order chi connectivity index (χ0) is 14.9. The van der Waals surface area contributed by atoms with Crippen molar-refractivity contribution in [3.8, 4) is 0 Å². The van der Waals surface area contributed by atoms with E-state index in [4.69, 9.17) is 11.6 Å². The van der Waals surface area contributed by atoms with E-state index in [2.05, 4.69) is 36.6 Å². The molecule has 0 amide bonds. The summed E-state index contributed by atoms with van der Waals surface area (Å²) in [5.41, 5.74) is 2.18. The Hall–Kier alpha value is -0.770. The number of hydrogen-bond acceptors (Lipinski definition) is 3. The Labute approximate surface area is 127 Å². The van der Waals surface area contributed by atoms with Gasteiger partial charge in [0, 0.05) is 42.4 Å². The number of rotatable bonds is 2. The highest BCUT2D eigenvalue weighted by Crippen LogP contribution is 2.29. The van der Waals surface area contributed by atoms with Crippen molar-refractivity contribution in [3.63, 3.8) is 0 Å². The van der Waals surface area contributed by atoms with Crippen LogP contribution in [0.5, 0.6) is 0 Å². The van der Waals surface area contributed by atoms with E-state index in [1.807, 2.05) is 12.1 Å². The Morgan fingerprint density at radius 2 is 1.75 bits per heavy atom. The van der Waals surface area contributed by atoms with E-state index in [0.29, 0.717) is 5.02 Å². The molecule has 0 bridgehead atoms. The number of nitrogens with zero attached hydrogens (tertiary/aromatic N) is 2. The third-order valence-corrected chi connectivity index (χ3v) is 4.35. The summed E-state index contributed by atoms with van der Waals surface area (Å²) in [5.74, 6) is 0. The molecule has 0 spiro atoms. The van der Waals surface area contributed by atoms with Gasteiger partial charge in [0.15, 0.2) is 0 Å². The minimum Gasteiger partial charge on any atom is -0.389 e. The van der Waals surface area contributed by atoms with Crippen molar-refractivity contribution >= 4 is 17.3 Å². The molecule has 0 saturated carbocycles. The second-order valence-electron chi connectivity index (χ2n) is 6.53. The van der Waals surface area contributed by atoms with Crippen LogP contribution in [0.15, 0.2) is 18.2 Å². The largest absolute Gasteiger partial charge is 0.389 e. The maximum Gasteiger partial charge on any atom is 0.0776 e. The molecule has 0 radical (unpaired) electrons. The van der Waals surface area contributed by atoms with E-state index in [9.17, 15) is 5.11 Å². The van der Waals surface area contributed by atoms with Crippen LogP contribution in [0, 0.1) is 0 Å². The van der Waals surface area contributed by atoms with Crippen molar-refractivity contribution in [2.75, 3.05) is 31.1 Å². The second-order valence-corrected chi connectivity index (χ2v) is 6.93. The van der Waals surface area contributed by atoms with Crippen molar-refractivity contribution in [1.29, 1.82) is 0 Å². The Kier molecular flexibility index (Phi) is 4.62. The summed E-state index contributed by atoms with van der Waals surface area (Å²) in [6.07, 6.45) is -0.519. The Bertz CT molecular complexity index is 460. The molecular weight excluding hydrogens is 272 g/mol. The van der Waals surface area contributed by atoms with Gasteiger partial charge < -0.3 is 10.0 Å². The van der Waals surface area contributed by atoms with Crippen LogP contribution in [0.2, 0.25) is 5.02 Å². The Morgan fingerprint density at radius 1 is 1.15 bits per heavy atom. The predicted molar refractivity (Wildman–Crippen MR) is 85.6 cm³/mol. The van der Waals surface area contributed by atoms with Crippen LogP contribution in [0.25, 0.3) is 0 Å². The van der Waals surface area contributed by atoms with Gasteiger partial charge in [-0.1, -0.05) is 17.7 Å². The molecule has 1 aromatic carbocycles. The molecule has 1 N–H and O–H groups in total. The summed E-state index contributed by atoms with van der Waals surface area (Å²) < 4.78 is 0. The van der Waals surface area contributed by atoms with Gasteiger partial charge in [-0.05, 0) is 45.4 Å². The van der Waals surface area contributed by atoms with Gasteiger partial charge in [-0.2, -0.15) is 0 Å². The highest BCUT2D eigenvalue weighted by atomic mass is 35.5. The number of piperazine rings is 1. The first-order valence-corrected chi connectivity index (χ1v) is 7.64. The monoisotopic (exact) mass is 296 g/mol. The van der Waals surface area contributed by atoms with Crippen LogP contribution in [-0.2, 0) is 0 Å². The zero-order valence-corrected chi connectivity index (χ0v) is 13.6. The van der Waals surface area contributed by atoms with Crippen molar-refractivity contribution < 1.29 is 5.11 Å². The lowest BCUT2D eigenvalue weighted by atomic mass is 10.0. The Morgan fingerprint density at radius 3 is 2.20 bits per heavy atom. The van der Waals surface area contributed by atoms with Crippen LogP contribution in [-0.4, -0.2) is 41.7 Å². The molecule has 1 aliphatic rings. The lowest BCUT2D eigenvalue weighted by Crippen LogP contribution is -2.53. The molecular formula is C16H25ClN2O. The maximum absolute atomic E-state index is 9.63. The summed E-state index contributed by atoms with van der Waals surface area (Å²) in [6, 6.07) is 5.95. The van der Waals surface area contributed by atoms with Gasteiger partial charge in [0.25, 0.3) is 0 Å². The van der Waals surface area contributed by atoms with Crippen LogP contribution in [0.3, 0.4) is 0 Å². The number of hydrogen-bond donors (Lipinski definition) is 1. The molecule has 4 heteroatoms. The summed E-state index contributed by atoms with van der Waals surface area (Å²) in [6.45, 7) is 12.7. The van der Waals surface area contributed by atoms with Crippen molar-refractivity contribution in [2.45, 2.75) is 39.3 Å². The van der Waals surface area contributed by atoms with E-state index < -0.39 is 6.10 Å². The quantitative estimate of drug-likeness (QED) is 0.907. The lowest BCUT2D eigenvalue weighted by molar-refractivity contribution is 0.128. The number of benzene rings is 1. The molecule has 2 rings (SSSR count). The van der Waals surface area contributed by atoms with E-state index in [1.54, 1.807) is 6.92 Å². The van der Waals surface area contributed by atoms with E-state index in [-0.39, 0.29) is 5.54 Å². The normalized spacial score (nSPS) is 19.2. The topological polar surface area (TPSA) is 26.7 Å². The van der Waals surface area contributed by atoms with Crippen LogP contribution >= 0.6 is 11.6 Å². The summed E-state index contributed by atoms with van der Waals surface area (Å²) in [7, 11) is 0. The van der Waals surface area contributed by atoms with Gasteiger partial charge in [-0.3, -0.25) is 4.90 Å². The first-order chi connectivity index (χ1) is 9.29. The molecule has 1 saturated heterocycles. The van der Waals surface area contributed by atoms with Crippen LogP contribution < -0.4 is 4.90 Å². The van der Waals surface area contributed by atoms with Crippen molar-refractivity contribution in [2.24, 2.45) is 0 Å². The molecule has 3 nitrogen and oxygen atoms in total. The van der Waals surface area contributed by atoms with Crippen molar-refractivity contribution in [3.05, 3.63) is 28.8 Å². The van der Waals surface area contributed by atoms with E-state index in [1.165, 1.54) is 0 Å². The first-order valence-electron chi connectivity index (χ1n) is 7.26. The minimum atomic E-state index is -0.519. The summed E-state index contributed by atoms with van der Waals surface area (Å²) in [5, 5.41) is 10.3. The van der Waals surface area contributed by atoms with Gasteiger partial charge in [0.2, 0.25) is 0 Å². The van der Waals surface area contributed by atoms with E-state index in [0.717, 1.165) is 37.4 Å². The third kappa shape index (κ3) is 3.46. The molecule has 1 aromatic rings.